The van der Waals surface area contributed by atoms with Crippen LogP contribution in [0, 0.1) is 6.92 Å². The number of amides is 2. The van der Waals surface area contributed by atoms with Gasteiger partial charge in [0.2, 0.25) is 0 Å². The van der Waals surface area contributed by atoms with Crippen LogP contribution in [0.3, 0.4) is 0 Å². The molecule has 0 unspecified atom stereocenters. The van der Waals surface area contributed by atoms with Crippen molar-refractivity contribution in [2.45, 2.75) is 13.5 Å². The molecule has 1 aliphatic rings. The van der Waals surface area contributed by atoms with Crippen molar-refractivity contribution in [2.75, 3.05) is 25.9 Å². The normalized spacial score (nSPS) is 16.3. The number of piperazine rings is 1. The molecule has 0 radical (unpaired) electrons. The van der Waals surface area contributed by atoms with Crippen molar-refractivity contribution in [3.8, 4) is 0 Å². The summed E-state index contributed by atoms with van der Waals surface area (Å²) in [5.41, 5.74) is 6.36. The molecule has 0 aliphatic carbocycles. The predicted molar refractivity (Wildman–Crippen MR) is 64.2 cm³/mol. The molecule has 0 aromatic carbocycles. The Balaban J connectivity index is 2.14. The van der Waals surface area contributed by atoms with Gasteiger partial charge in [0.15, 0.2) is 0 Å². The van der Waals surface area contributed by atoms with Crippen molar-refractivity contribution < 1.29 is 9.59 Å². The van der Waals surface area contributed by atoms with Crippen molar-refractivity contribution >= 4 is 17.6 Å². The van der Waals surface area contributed by atoms with Gasteiger partial charge in [-0.3, -0.25) is 9.59 Å². The van der Waals surface area contributed by atoms with Gasteiger partial charge in [-0.1, -0.05) is 0 Å². The van der Waals surface area contributed by atoms with Gasteiger partial charge in [0, 0.05) is 31.9 Å². The number of nitrogens with zero attached hydrogens (tertiary/aromatic N) is 4. The number of hydrogen-bond donors (Lipinski definition) is 1. The molecule has 2 amide bonds. The quantitative estimate of drug-likeness (QED) is 0.690. The van der Waals surface area contributed by atoms with Crippen LogP contribution in [0.2, 0.25) is 0 Å². The molecule has 2 N–H and O–H groups in total. The van der Waals surface area contributed by atoms with Crippen LogP contribution in [0.15, 0.2) is 6.07 Å². The molecule has 0 spiro atoms. The van der Waals surface area contributed by atoms with Gasteiger partial charge in [-0.15, -0.1) is 0 Å². The van der Waals surface area contributed by atoms with Gasteiger partial charge in [0.1, 0.15) is 11.6 Å². The minimum Gasteiger partial charge on any atom is -0.384 e. The van der Waals surface area contributed by atoms with E-state index in [4.69, 9.17) is 5.73 Å². The van der Waals surface area contributed by atoms with Crippen LogP contribution in [0.25, 0.3) is 0 Å². The average molecular weight is 249 g/mol. The topological polar surface area (TPSA) is 92.4 Å². The van der Waals surface area contributed by atoms with Crippen LogP contribution in [0.5, 0.6) is 0 Å². The lowest BCUT2D eigenvalue weighted by molar-refractivity contribution is -0.155. The number of aromatic nitrogens is 2. The molecular formula is C11H15N5O2. The Kier molecular flexibility index (Phi) is 3.14. The van der Waals surface area contributed by atoms with E-state index in [-0.39, 0.29) is 6.54 Å². The first kappa shape index (κ1) is 12.3. The van der Waals surface area contributed by atoms with Gasteiger partial charge >= 0.3 is 11.8 Å². The third kappa shape index (κ3) is 2.39. The van der Waals surface area contributed by atoms with E-state index >= 15 is 0 Å². The van der Waals surface area contributed by atoms with Crippen LogP contribution in [0.1, 0.15) is 11.5 Å². The molecule has 2 rings (SSSR count). The van der Waals surface area contributed by atoms with Gasteiger partial charge in [-0.05, 0) is 6.92 Å². The summed E-state index contributed by atoms with van der Waals surface area (Å²) in [5.74, 6) is -0.196. The molecule has 1 aliphatic heterocycles. The summed E-state index contributed by atoms with van der Waals surface area (Å²) in [5, 5.41) is 0. The maximum absolute atomic E-state index is 11.8. The van der Waals surface area contributed by atoms with Crippen molar-refractivity contribution in [1.82, 2.24) is 19.8 Å². The first-order chi connectivity index (χ1) is 8.47. The minimum absolute atomic E-state index is 0.213. The summed E-state index contributed by atoms with van der Waals surface area (Å²) in [7, 11) is 1.61. The van der Waals surface area contributed by atoms with E-state index in [1.54, 1.807) is 20.0 Å². The summed E-state index contributed by atoms with van der Waals surface area (Å²) < 4.78 is 0. The number of rotatable bonds is 2. The predicted octanol–water partition coefficient (Wildman–Crippen LogP) is -0.832. The Labute approximate surface area is 105 Å². The summed E-state index contributed by atoms with van der Waals surface area (Å²) in [4.78, 5) is 34.4. The molecule has 7 nitrogen and oxygen atoms in total. The highest BCUT2D eigenvalue weighted by molar-refractivity contribution is 6.35. The van der Waals surface area contributed by atoms with Gasteiger partial charge in [0.25, 0.3) is 0 Å². The monoisotopic (exact) mass is 249 g/mol. The van der Waals surface area contributed by atoms with Crippen LogP contribution >= 0.6 is 0 Å². The summed E-state index contributed by atoms with van der Waals surface area (Å²) in [6, 6.07) is 1.65. The fraction of sp³-hybridized carbons (Fsp3) is 0.455. The summed E-state index contributed by atoms with van der Waals surface area (Å²) in [6.07, 6.45) is 0. The molecule has 96 valence electrons. The number of nitrogens with two attached hydrogens (primary N) is 1. The summed E-state index contributed by atoms with van der Waals surface area (Å²) >= 11 is 0. The van der Waals surface area contributed by atoms with Crippen molar-refractivity contribution in [2.24, 2.45) is 0 Å². The molecule has 7 heteroatoms. The Morgan fingerprint density at radius 2 is 2.00 bits per heavy atom. The van der Waals surface area contributed by atoms with Gasteiger partial charge in [-0.25, -0.2) is 9.97 Å². The molecule has 0 bridgehead atoms. The third-order valence-electron chi connectivity index (χ3n) is 2.77. The van der Waals surface area contributed by atoms with Crippen molar-refractivity contribution in [1.29, 1.82) is 0 Å². The number of carbonyl (C=O) groups excluding carboxylic acids is 2. The smallest absolute Gasteiger partial charge is 0.312 e. The molecule has 0 saturated carbocycles. The lowest BCUT2D eigenvalue weighted by Crippen LogP contribution is -2.52. The van der Waals surface area contributed by atoms with E-state index in [2.05, 4.69) is 9.97 Å². The lowest BCUT2D eigenvalue weighted by Gasteiger charge is -2.30. The number of nitrogen functional groups attached to an aromatic ring is 1. The fourth-order valence-electron chi connectivity index (χ4n) is 1.82. The molecule has 18 heavy (non-hydrogen) atoms. The summed E-state index contributed by atoms with van der Waals surface area (Å²) in [6.45, 7) is 3.02. The number of aryl methyl sites for hydroxylation is 1. The highest BCUT2D eigenvalue weighted by Gasteiger charge is 2.30. The zero-order valence-corrected chi connectivity index (χ0v) is 10.4. The Hall–Kier alpha value is -2.18. The molecule has 1 fully saturated rings. The molecule has 1 saturated heterocycles. The Morgan fingerprint density at radius 1 is 1.28 bits per heavy atom. The van der Waals surface area contributed by atoms with Gasteiger partial charge in [0.05, 0.1) is 6.54 Å². The SMILES string of the molecule is Cc1cc(N)nc(CN2CCN(C)C(=O)C2=O)n1. The van der Waals surface area contributed by atoms with Crippen LogP contribution in [-0.4, -0.2) is 51.7 Å². The number of carbonyl (C=O) groups is 2. The van der Waals surface area contributed by atoms with Crippen molar-refractivity contribution in [3.63, 3.8) is 0 Å². The van der Waals surface area contributed by atoms with Crippen LogP contribution in [-0.2, 0) is 16.1 Å². The maximum atomic E-state index is 11.8. The zero-order chi connectivity index (χ0) is 13.3. The highest BCUT2D eigenvalue weighted by Crippen LogP contribution is 2.09. The standard InChI is InChI=1S/C11H15N5O2/c1-7-5-8(12)14-9(13-7)6-16-4-3-15(2)10(17)11(16)18/h5H,3-4,6H2,1-2H3,(H2,12,13,14). The Bertz CT molecular complexity index is 482. The third-order valence-corrected chi connectivity index (χ3v) is 2.77. The second-order valence-electron chi connectivity index (χ2n) is 4.30. The fourth-order valence-corrected chi connectivity index (χ4v) is 1.82. The Morgan fingerprint density at radius 3 is 2.67 bits per heavy atom. The zero-order valence-electron chi connectivity index (χ0n) is 10.4. The molecular weight excluding hydrogens is 234 g/mol. The second kappa shape index (κ2) is 4.59. The van der Waals surface area contributed by atoms with E-state index in [9.17, 15) is 9.59 Å². The molecule has 1 aromatic rings. The molecule has 1 aromatic heterocycles. The average Bonchev–Trinajstić information content (AvgIpc) is 2.29. The largest absolute Gasteiger partial charge is 0.384 e. The highest BCUT2D eigenvalue weighted by atomic mass is 16.2. The van der Waals surface area contributed by atoms with Gasteiger partial charge in [-0.2, -0.15) is 0 Å². The lowest BCUT2D eigenvalue weighted by atomic mass is 10.3. The van der Waals surface area contributed by atoms with E-state index in [0.717, 1.165) is 5.69 Å². The first-order valence-corrected chi connectivity index (χ1v) is 5.62. The number of anilines is 1. The van der Waals surface area contributed by atoms with E-state index in [0.29, 0.717) is 24.7 Å². The van der Waals surface area contributed by atoms with E-state index in [1.165, 1.54) is 9.80 Å². The van der Waals surface area contributed by atoms with E-state index in [1.807, 2.05) is 0 Å². The molecule has 2 heterocycles. The molecule has 0 atom stereocenters. The van der Waals surface area contributed by atoms with Gasteiger partial charge < -0.3 is 15.5 Å². The van der Waals surface area contributed by atoms with Crippen LogP contribution in [0.4, 0.5) is 5.82 Å². The minimum atomic E-state index is -0.521. The maximum Gasteiger partial charge on any atom is 0.312 e. The second-order valence-corrected chi connectivity index (χ2v) is 4.30. The first-order valence-electron chi connectivity index (χ1n) is 5.62. The number of likely N-dealkylation sites (N-methyl/N-ethyl adjacent to an activating group) is 1. The number of hydrogen-bond acceptors (Lipinski definition) is 5. The van der Waals surface area contributed by atoms with Crippen molar-refractivity contribution in [3.05, 3.63) is 17.6 Å². The van der Waals surface area contributed by atoms with Crippen LogP contribution < -0.4 is 5.73 Å². The van der Waals surface area contributed by atoms with E-state index < -0.39 is 11.8 Å².